The van der Waals surface area contributed by atoms with E-state index in [9.17, 15) is 18.4 Å². The third-order valence-electron chi connectivity index (χ3n) is 7.00. The number of hydrogen-bond donors (Lipinski definition) is 2. The fourth-order valence-corrected chi connectivity index (χ4v) is 6.15. The smallest absolute Gasteiger partial charge is 0.274 e. The monoisotopic (exact) mass is 571 g/mol. The van der Waals surface area contributed by atoms with Crippen molar-refractivity contribution in [3.63, 3.8) is 0 Å². The van der Waals surface area contributed by atoms with E-state index in [0.29, 0.717) is 41.2 Å². The van der Waals surface area contributed by atoms with Crippen LogP contribution in [0.25, 0.3) is 0 Å². The summed E-state index contributed by atoms with van der Waals surface area (Å²) in [4.78, 5) is 45.0. The molecule has 206 valence electrons. The van der Waals surface area contributed by atoms with E-state index >= 15 is 0 Å². The first-order valence-corrected chi connectivity index (χ1v) is 13.7. The number of amidine groups is 1. The zero-order valence-corrected chi connectivity index (χ0v) is 22.3. The average molecular weight is 572 g/mol. The molecule has 1 fully saturated rings. The topological polar surface area (TPSA) is 112 Å². The highest BCUT2D eigenvalue weighted by Gasteiger charge is 2.51. The molecule has 2 aliphatic rings. The summed E-state index contributed by atoms with van der Waals surface area (Å²) < 4.78 is 26.8. The molecule has 2 aliphatic heterocycles. The Kier molecular flexibility index (Phi) is 7.14. The van der Waals surface area contributed by atoms with Gasteiger partial charge in [-0.15, -0.1) is 0 Å². The fourth-order valence-electron chi connectivity index (χ4n) is 5.02. The molecule has 0 radical (unpaired) electrons. The first-order chi connectivity index (χ1) is 19.9. The van der Waals surface area contributed by atoms with Gasteiger partial charge in [0.05, 0.1) is 25.1 Å². The van der Waals surface area contributed by atoms with Crippen molar-refractivity contribution in [2.24, 2.45) is 10.9 Å². The zero-order valence-electron chi connectivity index (χ0n) is 21.5. The Morgan fingerprint density at radius 2 is 1.66 bits per heavy atom. The number of hydrogen-bond acceptors (Lipinski definition) is 8. The number of pyridine rings is 1. The van der Waals surface area contributed by atoms with E-state index in [1.807, 2.05) is 29.2 Å². The average Bonchev–Trinajstić information content (AvgIpc) is 3.39. The number of thioether (sulfide) groups is 1. The minimum absolute atomic E-state index is 0.0109. The van der Waals surface area contributed by atoms with E-state index in [2.05, 4.69) is 25.6 Å². The van der Waals surface area contributed by atoms with Gasteiger partial charge in [-0.2, -0.15) is 0 Å². The van der Waals surface area contributed by atoms with Gasteiger partial charge in [0.2, 0.25) is 5.95 Å². The highest BCUT2D eigenvalue weighted by molar-refractivity contribution is 8.13. The van der Waals surface area contributed by atoms with Crippen molar-refractivity contribution in [2.75, 3.05) is 29.1 Å². The Morgan fingerprint density at radius 3 is 2.41 bits per heavy atom. The molecule has 0 saturated carbocycles. The largest absolute Gasteiger partial charge is 0.338 e. The molecule has 1 saturated heterocycles. The highest BCUT2D eigenvalue weighted by Crippen LogP contribution is 2.46. The maximum absolute atomic E-state index is 13.5. The van der Waals surface area contributed by atoms with E-state index in [4.69, 9.17) is 4.99 Å². The second-order valence-corrected chi connectivity index (χ2v) is 10.7. The molecular weight excluding hydrogens is 548 g/mol. The molecule has 12 heteroatoms. The maximum atomic E-state index is 13.5. The van der Waals surface area contributed by atoms with Crippen LogP contribution in [0.4, 0.5) is 20.4 Å². The number of nitrogens with zero attached hydrogens (tertiary/aromatic N) is 5. The first kappa shape index (κ1) is 26.5. The Hall–Kier alpha value is -4.71. The molecule has 0 bridgehead atoms. The third-order valence-corrected chi connectivity index (χ3v) is 8.03. The molecule has 2 N–H and O–H groups in total. The highest BCUT2D eigenvalue weighted by atomic mass is 32.2. The lowest BCUT2D eigenvalue weighted by Crippen LogP contribution is -2.42. The molecule has 0 unspecified atom stereocenters. The van der Waals surface area contributed by atoms with Gasteiger partial charge in [0.25, 0.3) is 11.8 Å². The second-order valence-electron chi connectivity index (χ2n) is 9.65. The van der Waals surface area contributed by atoms with E-state index < -0.39 is 23.1 Å². The van der Waals surface area contributed by atoms with Gasteiger partial charge >= 0.3 is 0 Å². The predicted octanol–water partition coefficient (Wildman–Crippen LogP) is 4.27. The normalized spacial score (nSPS) is 19.7. The Balaban J connectivity index is 1.34. The summed E-state index contributed by atoms with van der Waals surface area (Å²) in [6.45, 7) is 0.920. The predicted molar refractivity (Wildman–Crippen MR) is 152 cm³/mol. The van der Waals surface area contributed by atoms with Crippen LogP contribution in [-0.4, -0.2) is 50.8 Å². The number of amides is 2. The van der Waals surface area contributed by atoms with Crippen molar-refractivity contribution in [3.05, 3.63) is 114 Å². The van der Waals surface area contributed by atoms with Crippen LogP contribution < -0.4 is 15.5 Å². The molecule has 0 aliphatic carbocycles. The molecule has 41 heavy (non-hydrogen) atoms. The summed E-state index contributed by atoms with van der Waals surface area (Å²) in [6, 6.07) is 18.7. The zero-order chi connectivity index (χ0) is 28.4. The maximum Gasteiger partial charge on any atom is 0.274 e. The lowest BCUT2D eigenvalue weighted by Gasteiger charge is -2.35. The minimum atomic E-state index is -0.822. The molecule has 0 spiro atoms. The molecule has 2 amide bonds. The van der Waals surface area contributed by atoms with Crippen LogP contribution in [0.5, 0.6) is 0 Å². The van der Waals surface area contributed by atoms with Gasteiger partial charge in [-0.05, 0) is 42.0 Å². The summed E-state index contributed by atoms with van der Waals surface area (Å²) >= 11 is 1.45. The minimum Gasteiger partial charge on any atom is -0.338 e. The van der Waals surface area contributed by atoms with Crippen LogP contribution in [0.2, 0.25) is 0 Å². The lowest BCUT2D eigenvalue weighted by molar-refractivity contribution is 0.0976. The molecule has 4 heterocycles. The van der Waals surface area contributed by atoms with Gasteiger partial charge < -0.3 is 15.5 Å². The lowest BCUT2D eigenvalue weighted by atomic mass is 9.81. The van der Waals surface area contributed by atoms with Crippen LogP contribution in [0, 0.1) is 17.6 Å². The number of fused-ring (bicyclic) bond motifs is 1. The summed E-state index contributed by atoms with van der Waals surface area (Å²) in [6.07, 6.45) is 3.24. The number of halogens is 2. The van der Waals surface area contributed by atoms with Crippen LogP contribution in [-0.2, 0) is 5.54 Å². The number of benzene rings is 2. The number of carbonyl (C=O) groups excluding carboxylic acids is 2. The molecule has 2 atom stereocenters. The van der Waals surface area contributed by atoms with E-state index in [1.165, 1.54) is 23.9 Å². The molecule has 6 rings (SSSR count). The Bertz CT molecular complexity index is 1620. The summed E-state index contributed by atoms with van der Waals surface area (Å²) in [5.41, 5.74) is 1.08. The number of aromatic nitrogens is 3. The summed E-state index contributed by atoms with van der Waals surface area (Å²) in [7, 11) is 0. The summed E-state index contributed by atoms with van der Waals surface area (Å²) in [5.74, 6) is -0.809. The van der Waals surface area contributed by atoms with Crippen LogP contribution in [0.3, 0.4) is 0 Å². The fraction of sp³-hybridized carbons (Fsp3) is 0.172. The van der Waals surface area contributed by atoms with Gasteiger partial charge in [0, 0.05) is 29.5 Å². The Labute approximate surface area is 238 Å². The van der Waals surface area contributed by atoms with Gasteiger partial charge in [-0.1, -0.05) is 42.1 Å². The standard InChI is InChI=1S/C29H23F2N7O2S/c30-21-9-10-24(32-12-21)26(40)35-23-8-4-7-19(11-23)29-17-38(27-33-13-22(31)14-34-27)15-20(29)16-41-28(37-29)36-25(39)18-5-2-1-3-6-18/h1-14,20H,15-17H2,(H,35,40)(H,36,37,39)/t20-,29+/m0/s1. The number of anilines is 2. The van der Waals surface area contributed by atoms with E-state index in [-0.39, 0.29) is 17.5 Å². The first-order valence-electron chi connectivity index (χ1n) is 12.7. The van der Waals surface area contributed by atoms with Crippen molar-refractivity contribution in [3.8, 4) is 0 Å². The van der Waals surface area contributed by atoms with E-state index in [1.54, 1.807) is 30.3 Å². The second kappa shape index (κ2) is 11.0. The van der Waals surface area contributed by atoms with Crippen molar-refractivity contribution < 1.29 is 18.4 Å². The van der Waals surface area contributed by atoms with Gasteiger partial charge in [-0.25, -0.2) is 28.7 Å². The van der Waals surface area contributed by atoms with Crippen molar-refractivity contribution >= 4 is 40.4 Å². The van der Waals surface area contributed by atoms with Gasteiger partial charge in [0.15, 0.2) is 11.0 Å². The van der Waals surface area contributed by atoms with Crippen LogP contribution in [0.15, 0.2) is 90.3 Å². The molecule has 4 aromatic rings. The molecule has 2 aromatic heterocycles. The Morgan fingerprint density at radius 1 is 0.878 bits per heavy atom. The quantitative estimate of drug-likeness (QED) is 0.368. The van der Waals surface area contributed by atoms with Gasteiger partial charge in [-0.3, -0.25) is 9.59 Å². The molecule has 9 nitrogen and oxygen atoms in total. The van der Waals surface area contributed by atoms with Gasteiger partial charge in [0.1, 0.15) is 17.1 Å². The van der Waals surface area contributed by atoms with Crippen LogP contribution in [0.1, 0.15) is 26.4 Å². The number of nitrogens with one attached hydrogen (secondary N) is 2. The molecule has 2 aromatic carbocycles. The molecular formula is C29H23F2N7O2S. The summed E-state index contributed by atoms with van der Waals surface area (Å²) in [5, 5.41) is 6.24. The van der Waals surface area contributed by atoms with E-state index in [0.717, 1.165) is 24.2 Å². The number of aliphatic imine (C=N–C) groups is 1. The number of carbonyl (C=O) groups is 2. The van der Waals surface area contributed by atoms with Crippen LogP contribution >= 0.6 is 11.8 Å². The SMILES string of the molecule is O=C(NC1=N[C@@]2(c3cccc(NC(=O)c4ccc(F)cn4)c3)CN(c3ncc(F)cn3)C[C@H]2CS1)c1ccccc1. The van der Waals surface area contributed by atoms with Crippen molar-refractivity contribution in [2.45, 2.75) is 5.54 Å². The third kappa shape index (κ3) is 5.50. The van der Waals surface area contributed by atoms with Crippen molar-refractivity contribution in [1.29, 1.82) is 0 Å². The van der Waals surface area contributed by atoms with Crippen molar-refractivity contribution in [1.82, 2.24) is 20.3 Å². The number of rotatable bonds is 5.